The highest BCUT2D eigenvalue weighted by Crippen LogP contribution is 2.22. The molecule has 0 aliphatic carbocycles. The van der Waals surface area contributed by atoms with E-state index in [1.54, 1.807) is 13.8 Å². The number of nitrogens with zero attached hydrogens (tertiary/aromatic N) is 1. The lowest BCUT2D eigenvalue weighted by Gasteiger charge is -2.26. The summed E-state index contributed by atoms with van der Waals surface area (Å²) in [6.45, 7) is 7.32. The second kappa shape index (κ2) is 8.05. The van der Waals surface area contributed by atoms with E-state index in [9.17, 15) is 12.8 Å². The fraction of sp³-hybridized carbons (Fsp3) is 0.600. The highest BCUT2D eigenvalue weighted by Gasteiger charge is 2.18. The Kier molecular flexibility index (Phi) is 6.34. The van der Waals surface area contributed by atoms with Crippen LogP contribution in [0.15, 0.2) is 23.1 Å². The topological polar surface area (TPSA) is 67.9 Å². The van der Waals surface area contributed by atoms with Gasteiger partial charge in [-0.3, -0.25) is 4.90 Å². The molecule has 0 spiro atoms. The lowest BCUT2D eigenvalue weighted by molar-refractivity contribution is 0.0390. The van der Waals surface area contributed by atoms with E-state index >= 15 is 0 Å². The van der Waals surface area contributed by atoms with Gasteiger partial charge in [0.05, 0.1) is 24.2 Å². The second-order valence-corrected chi connectivity index (χ2v) is 7.38. The Morgan fingerprint density at radius 1 is 1.35 bits per heavy atom. The number of ether oxygens (including phenoxy) is 2. The van der Waals surface area contributed by atoms with Crippen LogP contribution in [0.4, 0.5) is 4.39 Å². The lowest BCUT2D eigenvalue weighted by Crippen LogP contribution is -2.41. The molecule has 0 radical (unpaired) electrons. The molecule has 0 atom stereocenters. The standard InChI is InChI=1S/C15H23FN2O4S/c1-12(2)22-15-4-3-13(11-14(15)16)23(19,20)17-5-6-18-7-9-21-10-8-18/h3-4,11-12,17H,5-10H2,1-2H3. The largest absolute Gasteiger partial charge is 0.488 e. The van der Waals surface area contributed by atoms with Gasteiger partial charge >= 0.3 is 0 Å². The summed E-state index contributed by atoms with van der Waals surface area (Å²) in [5, 5.41) is 0. The molecule has 1 saturated heterocycles. The van der Waals surface area contributed by atoms with Crippen molar-refractivity contribution >= 4 is 10.0 Å². The van der Waals surface area contributed by atoms with E-state index in [0.29, 0.717) is 19.8 Å². The summed E-state index contributed by atoms with van der Waals surface area (Å²) in [6, 6.07) is 3.67. The summed E-state index contributed by atoms with van der Waals surface area (Å²) >= 11 is 0. The minimum Gasteiger partial charge on any atom is -0.488 e. The third kappa shape index (κ3) is 5.42. The average molecular weight is 346 g/mol. The van der Waals surface area contributed by atoms with Crippen molar-refractivity contribution in [1.82, 2.24) is 9.62 Å². The molecule has 0 aromatic heterocycles. The maximum absolute atomic E-state index is 13.9. The maximum atomic E-state index is 13.9. The van der Waals surface area contributed by atoms with E-state index in [1.165, 1.54) is 12.1 Å². The highest BCUT2D eigenvalue weighted by molar-refractivity contribution is 7.89. The van der Waals surface area contributed by atoms with Gasteiger partial charge in [-0.15, -0.1) is 0 Å². The van der Waals surface area contributed by atoms with Crippen LogP contribution >= 0.6 is 0 Å². The molecule has 6 nitrogen and oxygen atoms in total. The number of rotatable bonds is 7. The van der Waals surface area contributed by atoms with Gasteiger partial charge in [-0.1, -0.05) is 0 Å². The van der Waals surface area contributed by atoms with Gasteiger partial charge in [0.15, 0.2) is 11.6 Å². The first-order chi connectivity index (χ1) is 10.9. The maximum Gasteiger partial charge on any atom is 0.240 e. The Labute approximate surface area is 136 Å². The number of hydrogen-bond acceptors (Lipinski definition) is 5. The second-order valence-electron chi connectivity index (χ2n) is 5.61. The van der Waals surface area contributed by atoms with Crippen LogP contribution in [0, 0.1) is 5.82 Å². The van der Waals surface area contributed by atoms with Gasteiger partial charge in [0, 0.05) is 26.2 Å². The van der Waals surface area contributed by atoms with Gasteiger partial charge in [0.25, 0.3) is 0 Å². The molecule has 2 rings (SSSR count). The van der Waals surface area contributed by atoms with Crippen LogP contribution in [-0.2, 0) is 14.8 Å². The van der Waals surface area contributed by atoms with Gasteiger partial charge in [-0.05, 0) is 32.0 Å². The Balaban J connectivity index is 1.94. The molecule has 1 aliphatic rings. The molecule has 23 heavy (non-hydrogen) atoms. The first-order valence-electron chi connectivity index (χ1n) is 7.64. The number of nitrogens with one attached hydrogen (secondary N) is 1. The molecule has 1 aromatic carbocycles. The Hall–Kier alpha value is -1.22. The molecule has 1 N–H and O–H groups in total. The molecule has 130 valence electrons. The number of hydrogen-bond donors (Lipinski definition) is 1. The van der Waals surface area contributed by atoms with Crippen LogP contribution in [0.25, 0.3) is 0 Å². The summed E-state index contributed by atoms with van der Waals surface area (Å²) in [6.07, 6.45) is -0.182. The summed E-state index contributed by atoms with van der Waals surface area (Å²) in [4.78, 5) is 2.01. The van der Waals surface area contributed by atoms with Gasteiger partial charge in [0.1, 0.15) is 0 Å². The number of benzene rings is 1. The smallest absolute Gasteiger partial charge is 0.240 e. The quantitative estimate of drug-likeness (QED) is 0.804. The van der Waals surface area contributed by atoms with Crippen molar-refractivity contribution in [2.45, 2.75) is 24.8 Å². The van der Waals surface area contributed by atoms with Gasteiger partial charge < -0.3 is 9.47 Å². The van der Waals surface area contributed by atoms with Gasteiger partial charge in [0.2, 0.25) is 10.0 Å². The van der Waals surface area contributed by atoms with Crippen LogP contribution < -0.4 is 9.46 Å². The van der Waals surface area contributed by atoms with Crippen molar-refractivity contribution < 1.29 is 22.3 Å². The lowest BCUT2D eigenvalue weighted by atomic mass is 10.3. The molecule has 1 aliphatic heterocycles. The van der Waals surface area contributed by atoms with E-state index in [-0.39, 0.29) is 23.3 Å². The summed E-state index contributed by atoms with van der Waals surface area (Å²) < 4.78 is 51.3. The first kappa shape index (κ1) is 18.1. The van der Waals surface area contributed by atoms with Crippen molar-refractivity contribution in [1.29, 1.82) is 0 Å². The van der Waals surface area contributed by atoms with Gasteiger partial charge in [-0.2, -0.15) is 0 Å². The van der Waals surface area contributed by atoms with Crippen LogP contribution in [0.1, 0.15) is 13.8 Å². The van der Waals surface area contributed by atoms with Crippen LogP contribution in [0.3, 0.4) is 0 Å². The summed E-state index contributed by atoms with van der Waals surface area (Å²) in [5.41, 5.74) is 0. The molecule has 1 heterocycles. The highest BCUT2D eigenvalue weighted by atomic mass is 32.2. The fourth-order valence-corrected chi connectivity index (χ4v) is 3.28. The third-order valence-corrected chi connectivity index (χ3v) is 4.86. The Bertz CT molecular complexity index is 616. The minimum absolute atomic E-state index is 0.0484. The predicted octanol–water partition coefficient (Wildman–Crippen LogP) is 1.22. The van der Waals surface area contributed by atoms with Crippen molar-refractivity contribution in [3.05, 3.63) is 24.0 Å². The van der Waals surface area contributed by atoms with Crippen molar-refractivity contribution in [3.63, 3.8) is 0 Å². The molecule has 0 bridgehead atoms. The van der Waals surface area contributed by atoms with E-state index in [2.05, 4.69) is 9.62 Å². The predicted molar refractivity (Wildman–Crippen MR) is 84.6 cm³/mol. The molecule has 1 fully saturated rings. The van der Waals surface area contributed by atoms with E-state index < -0.39 is 15.8 Å². The zero-order chi connectivity index (χ0) is 16.9. The normalized spacial score (nSPS) is 16.7. The molecule has 8 heteroatoms. The number of morpholine rings is 1. The third-order valence-electron chi connectivity index (χ3n) is 3.40. The summed E-state index contributed by atoms with van der Waals surface area (Å²) in [5.74, 6) is -0.637. The summed E-state index contributed by atoms with van der Waals surface area (Å²) in [7, 11) is -3.73. The Morgan fingerprint density at radius 2 is 2.04 bits per heavy atom. The van der Waals surface area contributed by atoms with E-state index in [4.69, 9.17) is 9.47 Å². The van der Waals surface area contributed by atoms with Crippen molar-refractivity contribution in [2.24, 2.45) is 0 Å². The van der Waals surface area contributed by atoms with Crippen LogP contribution in [0.5, 0.6) is 5.75 Å². The molecule has 0 amide bonds. The minimum atomic E-state index is -3.73. The average Bonchev–Trinajstić information content (AvgIpc) is 2.49. The van der Waals surface area contributed by atoms with Gasteiger partial charge in [-0.25, -0.2) is 17.5 Å². The number of halogens is 1. The molecular weight excluding hydrogens is 323 g/mol. The fourth-order valence-electron chi connectivity index (χ4n) is 2.24. The zero-order valence-corrected chi connectivity index (χ0v) is 14.2. The molecular formula is C15H23FN2O4S. The van der Waals surface area contributed by atoms with Crippen LogP contribution in [0.2, 0.25) is 0 Å². The zero-order valence-electron chi connectivity index (χ0n) is 13.4. The van der Waals surface area contributed by atoms with E-state index in [1.807, 2.05) is 0 Å². The SMILES string of the molecule is CC(C)Oc1ccc(S(=O)(=O)NCCN2CCOCC2)cc1F. The molecule has 0 saturated carbocycles. The first-order valence-corrected chi connectivity index (χ1v) is 9.13. The number of sulfonamides is 1. The Morgan fingerprint density at radius 3 is 2.65 bits per heavy atom. The molecule has 1 aromatic rings. The molecule has 0 unspecified atom stereocenters. The monoisotopic (exact) mass is 346 g/mol. The van der Waals surface area contributed by atoms with Crippen LogP contribution in [-0.4, -0.2) is 58.8 Å². The van der Waals surface area contributed by atoms with Crippen molar-refractivity contribution in [3.8, 4) is 5.75 Å². The van der Waals surface area contributed by atoms with Crippen molar-refractivity contribution in [2.75, 3.05) is 39.4 Å². The van der Waals surface area contributed by atoms with E-state index in [0.717, 1.165) is 19.2 Å².